The van der Waals surface area contributed by atoms with E-state index in [0.29, 0.717) is 5.56 Å². The van der Waals surface area contributed by atoms with Crippen LogP contribution in [0.2, 0.25) is 0 Å². The summed E-state index contributed by atoms with van der Waals surface area (Å²) in [4.78, 5) is 11.2. The molecule has 0 unspecified atom stereocenters. The summed E-state index contributed by atoms with van der Waals surface area (Å²) < 4.78 is 41.8. The highest BCUT2D eigenvalue weighted by molar-refractivity contribution is 5.74. The highest BCUT2D eigenvalue weighted by Gasteiger charge is 2.48. The lowest BCUT2D eigenvalue weighted by Gasteiger charge is -2.42. The van der Waals surface area contributed by atoms with E-state index in [0.717, 1.165) is 12.1 Å². The summed E-state index contributed by atoms with van der Waals surface area (Å²) in [6.07, 6.45) is -4.05. The molecular weight excluding hydrogens is 261 g/mol. The van der Waals surface area contributed by atoms with Crippen molar-refractivity contribution in [2.24, 2.45) is 5.92 Å². The number of hydrogen-bond acceptors (Lipinski definition) is 3. The fraction of sp³-hybridized carbons (Fsp3) is 0.462. The van der Waals surface area contributed by atoms with Crippen LogP contribution in [0.3, 0.4) is 0 Å². The zero-order valence-electron chi connectivity index (χ0n) is 10.2. The molecule has 0 aromatic heterocycles. The Bertz CT molecular complexity index is 473. The molecule has 1 aromatic carbocycles. The minimum absolute atomic E-state index is 0.172. The van der Waals surface area contributed by atoms with E-state index in [1.165, 1.54) is 19.2 Å². The van der Waals surface area contributed by atoms with Crippen LogP contribution in [-0.2, 0) is 21.3 Å². The van der Waals surface area contributed by atoms with Crippen molar-refractivity contribution in [2.45, 2.75) is 24.6 Å². The van der Waals surface area contributed by atoms with E-state index in [-0.39, 0.29) is 12.8 Å². The average molecular weight is 274 g/mol. The third kappa shape index (κ3) is 2.58. The molecule has 0 spiro atoms. The van der Waals surface area contributed by atoms with Crippen LogP contribution >= 0.6 is 0 Å². The number of rotatable bonds is 2. The van der Waals surface area contributed by atoms with Crippen molar-refractivity contribution in [3.8, 4) is 0 Å². The predicted molar refractivity (Wildman–Crippen MR) is 60.1 cm³/mol. The number of methoxy groups -OCH3 is 1. The maximum absolute atomic E-state index is 12.4. The number of esters is 1. The number of carbonyl (C=O) groups excluding carboxylic acids is 1. The molecule has 0 amide bonds. The zero-order valence-corrected chi connectivity index (χ0v) is 10.2. The van der Waals surface area contributed by atoms with Gasteiger partial charge in [-0.2, -0.15) is 13.2 Å². The molecule has 2 rings (SSSR count). The topological polar surface area (TPSA) is 46.5 Å². The van der Waals surface area contributed by atoms with E-state index in [9.17, 15) is 23.1 Å². The van der Waals surface area contributed by atoms with Gasteiger partial charge in [0.25, 0.3) is 0 Å². The minimum Gasteiger partial charge on any atom is -0.469 e. The lowest BCUT2D eigenvalue weighted by Crippen LogP contribution is -2.44. The summed E-state index contributed by atoms with van der Waals surface area (Å²) >= 11 is 0. The second kappa shape index (κ2) is 4.52. The van der Waals surface area contributed by atoms with Gasteiger partial charge in [0.05, 0.1) is 24.2 Å². The molecule has 0 bridgehead atoms. The lowest BCUT2D eigenvalue weighted by atomic mass is 9.67. The monoisotopic (exact) mass is 274 g/mol. The van der Waals surface area contributed by atoms with Gasteiger partial charge in [0.1, 0.15) is 0 Å². The van der Waals surface area contributed by atoms with Crippen LogP contribution in [0.15, 0.2) is 24.3 Å². The maximum atomic E-state index is 12.4. The van der Waals surface area contributed by atoms with Crippen LogP contribution in [0, 0.1) is 5.92 Å². The molecule has 1 saturated carbocycles. The van der Waals surface area contributed by atoms with Crippen molar-refractivity contribution in [1.82, 2.24) is 0 Å². The fourth-order valence-electron chi connectivity index (χ4n) is 2.29. The van der Waals surface area contributed by atoms with E-state index in [1.807, 2.05) is 0 Å². The van der Waals surface area contributed by atoms with Crippen molar-refractivity contribution in [1.29, 1.82) is 0 Å². The molecule has 1 aromatic rings. The van der Waals surface area contributed by atoms with Gasteiger partial charge < -0.3 is 9.84 Å². The highest BCUT2D eigenvalue weighted by atomic mass is 19.4. The van der Waals surface area contributed by atoms with Crippen LogP contribution in [0.4, 0.5) is 13.2 Å². The van der Waals surface area contributed by atoms with Crippen molar-refractivity contribution >= 4 is 5.97 Å². The largest absolute Gasteiger partial charge is 0.469 e. The summed E-state index contributed by atoms with van der Waals surface area (Å²) in [5, 5.41) is 10.2. The van der Waals surface area contributed by atoms with Gasteiger partial charge in [-0.15, -0.1) is 0 Å². The molecule has 0 atom stereocenters. The number of aliphatic hydroxyl groups is 1. The van der Waals surface area contributed by atoms with Gasteiger partial charge in [-0.05, 0) is 30.5 Å². The lowest BCUT2D eigenvalue weighted by molar-refractivity contribution is -0.163. The third-order valence-corrected chi connectivity index (χ3v) is 3.45. The summed E-state index contributed by atoms with van der Waals surface area (Å²) in [7, 11) is 1.26. The molecule has 6 heteroatoms. The molecule has 3 nitrogen and oxygen atoms in total. The number of carbonyl (C=O) groups is 1. The molecule has 104 valence electrons. The maximum Gasteiger partial charge on any atom is 0.416 e. The van der Waals surface area contributed by atoms with Crippen molar-refractivity contribution < 1.29 is 27.8 Å². The minimum atomic E-state index is -4.39. The number of ether oxygens (including phenoxy) is 1. The Balaban J connectivity index is 2.10. The standard InChI is InChI=1S/C13H13F3O3/c1-19-11(17)8-6-12(18,7-8)9-2-4-10(5-3-9)13(14,15)16/h2-5,8,18H,6-7H2,1H3. The molecule has 0 heterocycles. The summed E-state index contributed by atoms with van der Waals surface area (Å²) in [6, 6.07) is 4.35. The first-order valence-electron chi connectivity index (χ1n) is 5.74. The molecule has 0 saturated heterocycles. The molecule has 1 aliphatic carbocycles. The first kappa shape index (κ1) is 13.9. The molecule has 1 N–H and O–H groups in total. The van der Waals surface area contributed by atoms with Gasteiger partial charge >= 0.3 is 12.1 Å². The third-order valence-electron chi connectivity index (χ3n) is 3.45. The van der Waals surface area contributed by atoms with Crippen molar-refractivity contribution in [3.63, 3.8) is 0 Å². The fourth-order valence-corrected chi connectivity index (χ4v) is 2.29. The Morgan fingerprint density at radius 2 is 1.84 bits per heavy atom. The quantitative estimate of drug-likeness (QED) is 0.843. The van der Waals surface area contributed by atoms with E-state index in [1.54, 1.807) is 0 Å². The van der Waals surface area contributed by atoms with Crippen molar-refractivity contribution in [2.75, 3.05) is 7.11 Å². The van der Waals surface area contributed by atoms with Crippen LogP contribution in [-0.4, -0.2) is 18.2 Å². The average Bonchev–Trinajstić information content (AvgIpc) is 2.33. The second-order valence-corrected chi connectivity index (χ2v) is 4.74. The number of benzene rings is 1. The number of halogens is 3. The van der Waals surface area contributed by atoms with Crippen LogP contribution in [0.5, 0.6) is 0 Å². The van der Waals surface area contributed by atoms with Crippen molar-refractivity contribution in [3.05, 3.63) is 35.4 Å². The Labute approximate surface area is 108 Å². The Morgan fingerprint density at radius 1 is 1.32 bits per heavy atom. The summed E-state index contributed by atoms with van der Waals surface area (Å²) in [5.41, 5.74) is -1.60. The molecule has 0 aliphatic heterocycles. The SMILES string of the molecule is COC(=O)C1CC(O)(c2ccc(C(F)(F)F)cc2)C1. The molecular formula is C13H13F3O3. The van der Waals surface area contributed by atoms with Gasteiger partial charge in [0.15, 0.2) is 0 Å². The molecule has 0 radical (unpaired) electrons. The molecule has 1 fully saturated rings. The molecule has 1 aliphatic rings. The van der Waals surface area contributed by atoms with Gasteiger partial charge in [-0.3, -0.25) is 4.79 Å². The van der Waals surface area contributed by atoms with Gasteiger partial charge in [0, 0.05) is 0 Å². The predicted octanol–water partition coefficient (Wildman–Crippen LogP) is 2.48. The van der Waals surface area contributed by atoms with Crippen LogP contribution in [0.25, 0.3) is 0 Å². The van der Waals surface area contributed by atoms with E-state index < -0.39 is 29.2 Å². The summed E-state index contributed by atoms with van der Waals surface area (Å²) in [6.45, 7) is 0. The van der Waals surface area contributed by atoms with E-state index in [2.05, 4.69) is 4.74 Å². The Hall–Kier alpha value is -1.56. The Morgan fingerprint density at radius 3 is 2.26 bits per heavy atom. The van der Waals surface area contributed by atoms with E-state index >= 15 is 0 Å². The van der Waals surface area contributed by atoms with E-state index in [4.69, 9.17) is 0 Å². The first-order valence-corrected chi connectivity index (χ1v) is 5.74. The van der Waals surface area contributed by atoms with Gasteiger partial charge in [-0.25, -0.2) is 0 Å². The smallest absolute Gasteiger partial charge is 0.416 e. The summed E-state index contributed by atoms with van der Waals surface area (Å²) in [5.74, 6) is -0.797. The molecule has 19 heavy (non-hydrogen) atoms. The number of alkyl halides is 3. The van der Waals surface area contributed by atoms with Crippen LogP contribution < -0.4 is 0 Å². The zero-order chi connectivity index (χ0) is 14.3. The second-order valence-electron chi connectivity index (χ2n) is 4.74. The highest BCUT2D eigenvalue weighted by Crippen LogP contribution is 2.46. The normalized spacial score (nSPS) is 26.7. The Kier molecular flexibility index (Phi) is 3.30. The number of hydrogen-bond donors (Lipinski definition) is 1. The van der Waals surface area contributed by atoms with Gasteiger partial charge in [-0.1, -0.05) is 12.1 Å². The van der Waals surface area contributed by atoms with Gasteiger partial charge in [0.2, 0.25) is 0 Å². The van der Waals surface area contributed by atoms with Crippen LogP contribution in [0.1, 0.15) is 24.0 Å². The first-order chi connectivity index (χ1) is 8.76.